The zero-order valence-corrected chi connectivity index (χ0v) is 8.80. The van der Waals surface area contributed by atoms with Gasteiger partial charge >= 0.3 is 0 Å². The molecule has 2 rings (SSSR count). The van der Waals surface area contributed by atoms with Crippen molar-refractivity contribution in [3.63, 3.8) is 0 Å². The van der Waals surface area contributed by atoms with Crippen LogP contribution in [0.15, 0.2) is 12.1 Å². The monoisotopic (exact) mass is 215 g/mol. The van der Waals surface area contributed by atoms with Crippen LogP contribution in [-0.4, -0.2) is 17.8 Å². The second-order valence-electron chi connectivity index (χ2n) is 3.44. The average molecular weight is 216 g/mol. The lowest BCUT2D eigenvalue weighted by molar-refractivity contribution is 0.134. The van der Waals surface area contributed by atoms with Crippen molar-refractivity contribution in [2.45, 2.75) is 19.4 Å². The smallest absolute Gasteiger partial charge is 0.126 e. The minimum atomic E-state index is -0.0869. The summed E-state index contributed by atoms with van der Waals surface area (Å²) < 4.78 is 5.46. The summed E-state index contributed by atoms with van der Waals surface area (Å²) >= 11 is 0. The van der Waals surface area contributed by atoms with Crippen molar-refractivity contribution >= 4 is 18.1 Å². The summed E-state index contributed by atoms with van der Waals surface area (Å²) in [5.74, 6) is 0.821. The number of halogens is 1. The van der Waals surface area contributed by atoms with Crippen molar-refractivity contribution in [1.82, 2.24) is 0 Å². The molecule has 4 heteroatoms. The predicted octanol–water partition coefficient (Wildman–Crippen LogP) is 1.29. The van der Waals surface area contributed by atoms with E-state index in [2.05, 4.69) is 0 Å². The topological polar surface area (TPSA) is 55.5 Å². The second kappa shape index (κ2) is 4.07. The summed E-state index contributed by atoms with van der Waals surface area (Å²) in [7, 11) is 0. The Balaban J connectivity index is 0.000000980. The van der Waals surface area contributed by atoms with Crippen LogP contribution in [0.3, 0.4) is 0 Å². The Morgan fingerprint density at radius 2 is 2.29 bits per heavy atom. The van der Waals surface area contributed by atoms with Gasteiger partial charge in [0.15, 0.2) is 0 Å². The van der Waals surface area contributed by atoms with Gasteiger partial charge in [-0.25, -0.2) is 0 Å². The minimum Gasteiger partial charge on any atom is -0.487 e. The largest absolute Gasteiger partial charge is 0.487 e. The molecule has 0 bridgehead atoms. The van der Waals surface area contributed by atoms with Crippen LogP contribution in [0.1, 0.15) is 11.1 Å². The third kappa shape index (κ3) is 1.79. The number of nitrogen functional groups attached to an aromatic ring is 1. The molecule has 3 N–H and O–H groups in total. The molecule has 1 aliphatic heterocycles. The van der Waals surface area contributed by atoms with Gasteiger partial charge in [0.2, 0.25) is 0 Å². The van der Waals surface area contributed by atoms with Gasteiger partial charge in [0, 0.05) is 18.2 Å². The van der Waals surface area contributed by atoms with E-state index in [9.17, 15) is 0 Å². The van der Waals surface area contributed by atoms with Gasteiger partial charge in [0.05, 0.1) is 6.61 Å². The molecule has 1 aliphatic rings. The number of benzene rings is 1. The van der Waals surface area contributed by atoms with Crippen LogP contribution in [-0.2, 0) is 6.42 Å². The number of aliphatic hydroxyl groups is 1. The molecule has 78 valence electrons. The summed E-state index contributed by atoms with van der Waals surface area (Å²) in [6.45, 7) is 2.04. The van der Waals surface area contributed by atoms with E-state index in [4.69, 9.17) is 15.6 Å². The van der Waals surface area contributed by atoms with E-state index in [0.717, 1.165) is 29.0 Å². The van der Waals surface area contributed by atoms with Crippen molar-refractivity contribution in [2.75, 3.05) is 12.3 Å². The van der Waals surface area contributed by atoms with Crippen molar-refractivity contribution in [2.24, 2.45) is 0 Å². The first-order chi connectivity index (χ1) is 6.20. The molecule has 1 atom stereocenters. The van der Waals surface area contributed by atoms with E-state index in [1.54, 1.807) is 0 Å². The summed E-state index contributed by atoms with van der Waals surface area (Å²) in [6, 6.07) is 3.86. The Morgan fingerprint density at radius 3 is 2.93 bits per heavy atom. The number of aryl methyl sites for hydroxylation is 1. The molecular weight excluding hydrogens is 202 g/mol. The summed E-state index contributed by atoms with van der Waals surface area (Å²) in [4.78, 5) is 0. The number of hydrogen-bond acceptors (Lipinski definition) is 3. The van der Waals surface area contributed by atoms with Gasteiger partial charge in [-0.15, -0.1) is 12.4 Å². The number of anilines is 1. The Bertz CT molecular complexity index is 310. The summed E-state index contributed by atoms with van der Waals surface area (Å²) in [5, 5.41) is 8.92. The first-order valence-electron chi connectivity index (χ1n) is 4.37. The first kappa shape index (κ1) is 11.1. The van der Waals surface area contributed by atoms with E-state index >= 15 is 0 Å². The third-order valence-electron chi connectivity index (χ3n) is 2.39. The van der Waals surface area contributed by atoms with Crippen molar-refractivity contribution in [3.8, 4) is 5.75 Å². The number of ether oxygens (including phenoxy) is 1. The highest BCUT2D eigenvalue weighted by Crippen LogP contribution is 2.32. The molecule has 1 aromatic rings. The van der Waals surface area contributed by atoms with Gasteiger partial charge in [-0.1, -0.05) is 6.07 Å². The maximum atomic E-state index is 8.92. The molecule has 3 nitrogen and oxygen atoms in total. The standard InChI is InChI=1S/C10H13NO2.ClH/c1-6-2-7-3-8(5-12)13-10(7)4-9(6)11;/h2,4,8,12H,3,5,11H2,1H3;1H. The quantitative estimate of drug-likeness (QED) is 0.695. The first-order valence-corrected chi connectivity index (χ1v) is 4.37. The van der Waals surface area contributed by atoms with Crippen LogP contribution in [0.4, 0.5) is 5.69 Å². The van der Waals surface area contributed by atoms with Gasteiger partial charge in [0.25, 0.3) is 0 Å². The molecule has 0 aromatic heterocycles. The van der Waals surface area contributed by atoms with Crippen LogP contribution < -0.4 is 10.5 Å². The van der Waals surface area contributed by atoms with Crippen molar-refractivity contribution in [1.29, 1.82) is 0 Å². The van der Waals surface area contributed by atoms with Gasteiger partial charge in [-0.05, 0) is 18.1 Å². The van der Waals surface area contributed by atoms with Crippen molar-refractivity contribution < 1.29 is 9.84 Å². The normalized spacial score (nSPS) is 18.3. The molecule has 0 amide bonds. The van der Waals surface area contributed by atoms with Crippen LogP contribution in [0, 0.1) is 6.92 Å². The fourth-order valence-corrected chi connectivity index (χ4v) is 1.60. The Hall–Kier alpha value is -0.930. The van der Waals surface area contributed by atoms with Crippen LogP contribution in [0.25, 0.3) is 0 Å². The molecule has 0 radical (unpaired) electrons. The highest BCUT2D eigenvalue weighted by molar-refractivity contribution is 5.85. The molecule has 1 heterocycles. The van der Waals surface area contributed by atoms with Crippen molar-refractivity contribution in [3.05, 3.63) is 23.3 Å². The lowest BCUT2D eigenvalue weighted by Crippen LogP contribution is -2.17. The molecule has 0 fully saturated rings. The molecular formula is C10H14ClNO2. The molecule has 0 spiro atoms. The maximum Gasteiger partial charge on any atom is 0.126 e. The molecule has 1 aromatic carbocycles. The van der Waals surface area contributed by atoms with Gasteiger partial charge < -0.3 is 15.6 Å². The maximum absolute atomic E-state index is 8.92. The third-order valence-corrected chi connectivity index (χ3v) is 2.39. The molecule has 0 saturated heterocycles. The number of hydrogen-bond donors (Lipinski definition) is 2. The second-order valence-corrected chi connectivity index (χ2v) is 3.44. The number of nitrogens with two attached hydrogens (primary N) is 1. The summed E-state index contributed by atoms with van der Waals surface area (Å²) in [5.41, 5.74) is 8.70. The fraction of sp³-hybridized carbons (Fsp3) is 0.400. The average Bonchev–Trinajstić information content (AvgIpc) is 2.48. The van der Waals surface area contributed by atoms with Crippen LogP contribution >= 0.6 is 12.4 Å². The van der Waals surface area contributed by atoms with E-state index in [0.29, 0.717) is 0 Å². The van der Waals surface area contributed by atoms with Crippen LogP contribution in [0.2, 0.25) is 0 Å². The summed E-state index contributed by atoms with van der Waals surface area (Å²) in [6.07, 6.45) is 0.698. The van der Waals surface area contributed by atoms with Gasteiger partial charge in [-0.3, -0.25) is 0 Å². The zero-order chi connectivity index (χ0) is 9.42. The highest BCUT2D eigenvalue weighted by Gasteiger charge is 2.22. The molecule has 0 saturated carbocycles. The van der Waals surface area contributed by atoms with E-state index in [-0.39, 0.29) is 25.1 Å². The predicted molar refractivity (Wildman–Crippen MR) is 58.0 cm³/mol. The van der Waals surface area contributed by atoms with Crippen LogP contribution in [0.5, 0.6) is 5.75 Å². The fourth-order valence-electron chi connectivity index (χ4n) is 1.60. The lowest BCUT2D eigenvalue weighted by atomic mass is 10.1. The molecule has 14 heavy (non-hydrogen) atoms. The molecule has 0 aliphatic carbocycles. The Labute approximate surface area is 89.3 Å². The zero-order valence-electron chi connectivity index (χ0n) is 7.99. The SMILES string of the molecule is Cc1cc2c(cc1N)OC(CO)C2.Cl. The number of aliphatic hydroxyl groups excluding tert-OH is 1. The molecule has 1 unspecified atom stereocenters. The van der Waals surface area contributed by atoms with E-state index < -0.39 is 0 Å². The highest BCUT2D eigenvalue weighted by atomic mass is 35.5. The minimum absolute atomic E-state index is 0. The van der Waals surface area contributed by atoms with E-state index in [1.807, 2.05) is 19.1 Å². The Morgan fingerprint density at radius 1 is 1.57 bits per heavy atom. The van der Waals surface area contributed by atoms with Gasteiger partial charge in [-0.2, -0.15) is 0 Å². The Kier molecular flexibility index (Phi) is 3.24. The lowest BCUT2D eigenvalue weighted by Gasteiger charge is -2.06. The number of fused-ring (bicyclic) bond motifs is 1. The van der Waals surface area contributed by atoms with Gasteiger partial charge in [0.1, 0.15) is 11.9 Å². The number of rotatable bonds is 1. The van der Waals surface area contributed by atoms with E-state index in [1.165, 1.54) is 0 Å².